The Bertz CT molecular complexity index is 847. The minimum absolute atomic E-state index is 0.0926. The number of guanidine groups is 1. The summed E-state index contributed by atoms with van der Waals surface area (Å²) in [6.45, 7) is 1.80. The van der Waals surface area contributed by atoms with Gasteiger partial charge in [0.25, 0.3) is 0 Å². The molecule has 3 rings (SSSR count). The molecule has 0 atom stereocenters. The van der Waals surface area contributed by atoms with Crippen molar-refractivity contribution in [1.29, 1.82) is 0 Å². The Balaban J connectivity index is 1.56. The molecule has 1 aliphatic carbocycles. The van der Waals surface area contributed by atoms with E-state index in [0.29, 0.717) is 17.3 Å². The van der Waals surface area contributed by atoms with E-state index >= 15 is 0 Å². The highest BCUT2D eigenvalue weighted by Gasteiger charge is 2.19. The topological polar surface area (TPSA) is 118 Å². The van der Waals surface area contributed by atoms with Gasteiger partial charge in [-0.15, -0.1) is 5.10 Å². The van der Waals surface area contributed by atoms with E-state index in [1.807, 2.05) is 24.3 Å². The molecular weight excluding hydrogens is 340 g/mol. The minimum atomic E-state index is -0.287. The molecule has 2 aromatic carbocycles. The number of amides is 2. The number of rotatable bonds is 5. The number of hydrogen-bond acceptors (Lipinski definition) is 3. The molecule has 27 heavy (non-hydrogen) atoms. The molecule has 7 heteroatoms. The van der Waals surface area contributed by atoms with Crippen molar-refractivity contribution in [2.24, 2.45) is 21.7 Å². The van der Waals surface area contributed by atoms with Crippen LogP contribution in [0.2, 0.25) is 0 Å². The number of hydrogen-bond donors (Lipinski definition) is 4. The van der Waals surface area contributed by atoms with Crippen molar-refractivity contribution in [1.82, 2.24) is 0 Å². The molecule has 6 N–H and O–H groups in total. The van der Waals surface area contributed by atoms with Gasteiger partial charge in [0.1, 0.15) is 0 Å². The lowest BCUT2D eigenvalue weighted by Gasteiger charge is -2.25. The van der Waals surface area contributed by atoms with Crippen LogP contribution in [-0.2, 0) is 0 Å². The van der Waals surface area contributed by atoms with Gasteiger partial charge >= 0.3 is 6.03 Å². The second-order valence-corrected chi connectivity index (χ2v) is 6.62. The quantitative estimate of drug-likeness (QED) is 0.369. The molecule has 0 aromatic heterocycles. The molecule has 1 saturated carbocycles. The standard InChI is InChI=1S/C20H24N6O/c1-13(25-26-19(21)22)14-5-9-17(10-6-14)23-20(27)24-18-11-7-16(8-12-18)15-3-2-4-15/h5-12,15H,2-4H2,1H3,(H4,21,22,26)(H2,23,24,27)/b25-13+. The molecule has 1 aliphatic rings. The van der Waals surface area contributed by atoms with Crippen molar-refractivity contribution in [3.05, 3.63) is 59.7 Å². The zero-order valence-corrected chi connectivity index (χ0v) is 15.3. The van der Waals surface area contributed by atoms with Crippen LogP contribution < -0.4 is 22.1 Å². The van der Waals surface area contributed by atoms with Crippen LogP contribution in [0.25, 0.3) is 0 Å². The van der Waals surface area contributed by atoms with Gasteiger partial charge in [0.2, 0.25) is 5.96 Å². The first-order valence-corrected chi connectivity index (χ1v) is 8.93. The van der Waals surface area contributed by atoms with Crippen molar-refractivity contribution in [3.63, 3.8) is 0 Å². The Morgan fingerprint density at radius 2 is 1.48 bits per heavy atom. The highest BCUT2D eigenvalue weighted by atomic mass is 16.2. The van der Waals surface area contributed by atoms with Gasteiger partial charge in [0.15, 0.2) is 0 Å². The van der Waals surface area contributed by atoms with Crippen molar-refractivity contribution in [3.8, 4) is 0 Å². The molecule has 0 spiro atoms. The van der Waals surface area contributed by atoms with Crippen molar-refractivity contribution >= 4 is 29.1 Å². The lowest BCUT2D eigenvalue weighted by molar-refractivity contribution is 0.262. The van der Waals surface area contributed by atoms with Crippen molar-refractivity contribution in [2.75, 3.05) is 10.6 Å². The summed E-state index contributed by atoms with van der Waals surface area (Å²) in [5.74, 6) is 0.593. The van der Waals surface area contributed by atoms with Crippen LogP contribution in [0.1, 0.15) is 43.2 Å². The first-order valence-electron chi connectivity index (χ1n) is 8.93. The largest absolute Gasteiger partial charge is 0.369 e. The van der Waals surface area contributed by atoms with Crippen LogP contribution in [0.5, 0.6) is 0 Å². The molecule has 0 heterocycles. The predicted octanol–water partition coefficient (Wildman–Crippen LogP) is 3.60. The third-order valence-electron chi connectivity index (χ3n) is 4.62. The average Bonchev–Trinajstić information content (AvgIpc) is 2.60. The van der Waals surface area contributed by atoms with E-state index < -0.39 is 0 Å². The number of carbonyl (C=O) groups excluding carboxylic acids is 1. The first kappa shape index (κ1) is 18.4. The highest BCUT2D eigenvalue weighted by molar-refractivity contribution is 6.01. The fourth-order valence-electron chi connectivity index (χ4n) is 2.86. The first-order chi connectivity index (χ1) is 13.0. The van der Waals surface area contributed by atoms with Crippen LogP contribution in [0.15, 0.2) is 58.7 Å². The zero-order valence-electron chi connectivity index (χ0n) is 15.3. The molecular formula is C20H24N6O. The van der Waals surface area contributed by atoms with Gasteiger partial charge in [0, 0.05) is 11.4 Å². The molecule has 0 saturated heterocycles. The molecule has 2 amide bonds. The van der Waals surface area contributed by atoms with Gasteiger partial charge in [-0.3, -0.25) is 0 Å². The number of anilines is 2. The fraction of sp³-hybridized carbons (Fsp3) is 0.250. The Morgan fingerprint density at radius 3 is 1.96 bits per heavy atom. The Kier molecular flexibility index (Phi) is 5.71. The minimum Gasteiger partial charge on any atom is -0.369 e. The summed E-state index contributed by atoms with van der Waals surface area (Å²) >= 11 is 0. The van der Waals surface area contributed by atoms with Gasteiger partial charge in [-0.05, 0) is 61.1 Å². The van der Waals surface area contributed by atoms with Crippen LogP contribution in [0.3, 0.4) is 0 Å². The lowest BCUT2D eigenvalue weighted by Crippen LogP contribution is -2.22. The summed E-state index contributed by atoms with van der Waals surface area (Å²) in [7, 11) is 0. The second-order valence-electron chi connectivity index (χ2n) is 6.62. The van der Waals surface area contributed by atoms with Crippen LogP contribution in [-0.4, -0.2) is 17.7 Å². The van der Waals surface area contributed by atoms with Crippen molar-refractivity contribution < 1.29 is 4.79 Å². The third-order valence-corrected chi connectivity index (χ3v) is 4.62. The van der Waals surface area contributed by atoms with E-state index in [-0.39, 0.29) is 12.0 Å². The van der Waals surface area contributed by atoms with Crippen LogP contribution in [0, 0.1) is 0 Å². The SMILES string of the molecule is C/C(=N\N=C(N)N)c1ccc(NC(=O)Nc2ccc(C3CCC3)cc2)cc1. The molecule has 0 bridgehead atoms. The van der Waals surface area contributed by atoms with Crippen molar-refractivity contribution in [2.45, 2.75) is 32.1 Å². The molecule has 0 unspecified atom stereocenters. The highest BCUT2D eigenvalue weighted by Crippen LogP contribution is 2.36. The van der Waals surface area contributed by atoms with E-state index in [0.717, 1.165) is 11.3 Å². The number of urea groups is 1. The number of nitrogens with one attached hydrogen (secondary N) is 2. The summed E-state index contributed by atoms with van der Waals surface area (Å²) < 4.78 is 0. The van der Waals surface area contributed by atoms with E-state index in [4.69, 9.17) is 11.5 Å². The molecule has 2 aromatic rings. The summed E-state index contributed by atoms with van der Waals surface area (Å²) in [6.07, 6.45) is 3.84. The lowest BCUT2D eigenvalue weighted by atomic mass is 9.80. The Hall–Kier alpha value is -3.35. The van der Waals surface area contributed by atoms with E-state index in [1.165, 1.54) is 24.8 Å². The Morgan fingerprint density at radius 1 is 0.926 bits per heavy atom. The smallest absolute Gasteiger partial charge is 0.323 e. The van der Waals surface area contributed by atoms with E-state index in [2.05, 4.69) is 33.0 Å². The van der Waals surface area contributed by atoms with Gasteiger partial charge in [-0.1, -0.05) is 30.7 Å². The Labute approximate surface area is 158 Å². The number of nitrogens with zero attached hydrogens (tertiary/aromatic N) is 2. The molecule has 1 fully saturated rings. The zero-order chi connectivity index (χ0) is 19.2. The number of nitrogens with two attached hydrogens (primary N) is 2. The predicted molar refractivity (Wildman–Crippen MR) is 110 cm³/mol. The van der Waals surface area contributed by atoms with Gasteiger partial charge < -0.3 is 22.1 Å². The monoisotopic (exact) mass is 364 g/mol. The summed E-state index contributed by atoms with van der Waals surface area (Å²) in [6, 6.07) is 15.0. The third kappa shape index (κ3) is 5.07. The average molecular weight is 364 g/mol. The maximum absolute atomic E-state index is 12.2. The normalized spacial score (nSPS) is 14.2. The summed E-state index contributed by atoms with van der Waals surface area (Å²) in [5.41, 5.74) is 14.8. The van der Waals surface area contributed by atoms with Crippen LogP contribution >= 0.6 is 0 Å². The maximum atomic E-state index is 12.2. The molecule has 140 valence electrons. The molecule has 7 nitrogen and oxygen atoms in total. The second kappa shape index (κ2) is 8.35. The molecule has 0 aliphatic heterocycles. The number of carbonyl (C=O) groups is 1. The summed E-state index contributed by atoms with van der Waals surface area (Å²) in [5, 5.41) is 13.2. The van der Waals surface area contributed by atoms with E-state index in [9.17, 15) is 4.79 Å². The maximum Gasteiger partial charge on any atom is 0.323 e. The van der Waals surface area contributed by atoms with Gasteiger partial charge in [-0.25, -0.2) is 4.79 Å². The van der Waals surface area contributed by atoms with Crippen LogP contribution in [0.4, 0.5) is 16.2 Å². The van der Waals surface area contributed by atoms with E-state index in [1.54, 1.807) is 19.1 Å². The fourth-order valence-corrected chi connectivity index (χ4v) is 2.86. The summed E-state index contributed by atoms with van der Waals surface area (Å²) in [4.78, 5) is 12.2. The van der Waals surface area contributed by atoms with Gasteiger partial charge in [0.05, 0.1) is 5.71 Å². The van der Waals surface area contributed by atoms with Gasteiger partial charge in [-0.2, -0.15) is 5.10 Å². The molecule has 0 radical (unpaired) electrons. The number of benzene rings is 2.